The second-order valence-electron chi connectivity index (χ2n) is 3.20. The SMILES string of the molecule is NC(=O)c1cnn(-c2nc(N)c(Cl)cc2Cl)c1. The maximum atomic E-state index is 10.9. The molecule has 17 heavy (non-hydrogen) atoms. The molecule has 0 fully saturated rings. The van der Waals surface area contributed by atoms with Crippen molar-refractivity contribution >= 4 is 34.9 Å². The van der Waals surface area contributed by atoms with E-state index in [0.29, 0.717) is 0 Å². The van der Waals surface area contributed by atoms with E-state index in [4.69, 9.17) is 34.7 Å². The molecule has 6 nitrogen and oxygen atoms in total. The Morgan fingerprint density at radius 2 is 2.06 bits per heavy atom. The van der Waals surface area contributed by atoms with Gasteiger partial charge >= 0.3 is 0 Å². The highest BCUT2D eigenvalue weighted by Gasteiger charge is 2.12. The topological polar surface area (TPSA) is 99.8 Å². The molecule has 0 bridgehead atoms. The minimum absolute atomic E-state index is 0.127. The van der Waals surface area contributed by atoms with Crippen LogP contribution in [0.3, 0.4) is 0 Å². The fourth-order valence-corrected chi connectivity index (χ4v) is 1.64. The van der Waals surface area contributed by atoms with Gasteiger partial charge in [0.05, 0.1) is 21.8 Å². The van der Waals surface area contributed by atoms with Crippen molar-refractivity contribution < 1.29 is 4.79 Å². The summed E-state index contributed by atoms with van der Waals surface area (Å²) in [4.78, 5) is 14.9. The van der Waals surface area contributed by atoms with Crippen molar-refractivity contribution in [2.24, 2.45) is 5.73 Å². The van der Waals surface area contributed by atoms with Crippen molar-refractivity contribution in [1.29, 1.82) is 0 Å². The number of carbonyl (C=O) groups excluding carboxylic acids is 1. The van der Waals surface area contributed by atoms with Gasteiger partial charge in [-0.3, -0.25) is 4.79 Å². The van der Waals surface area contributed by atoms with E-state index in [1.165, 1.54) is 23.1 Å². The first-order valence-corrected chi connectivity index (χ1v) is 5.21. The average Bonchev–Trinajstić information content (AvgIpc) is 2.72. The summed E-state index contributed by atoms with van der Waals surface area (Å²) in [6, 6.07) is 1.45. The smallest absolute Gasteiger partial charge is 0.251 e. The number of nitrogen functional groups attached to an aromatic ring is 1. The van der Waals surface area contributed by atoms with E-state index >= 15 is 0 Å². The molecule has 0 radical (unpaired) electrons. The summed E-state index contributed by atoms with van der Waals surface area (Å²) in [7, 11) is 0. The lowest BCUT2D eigenvalue weighted by Crippen LogP contribution is -2.09. The quantitative estimate of drug-likeness (QED) is 0.859. The lowest BCUT2D eigenvalue weighted by Gasteiger charge is -2.05. The number of anilines is 1. The second kappa shape index (κ2) is 4.23. The first-order valence-electron chi connectivity index (χ1n) is 4.45. The summed E-state index contributed by atoms with van der Waals surface area (Å²) in [5.41, 5.74) is 10.9. The third kappa shape index (κ3) is 2.17. The third-order valence-corrected chi connectivity index (χ3v) is 2.60. The molecule has 0 aliphatic rings. The molecule has 0 unspecified atom stereocenters. The molecular formula is C9H7Cl2N5O. The van der Waals surface area contributed by atoms with Crippen LogP contribution in [0.15, 0.2) is 18.5 Å². The van der Waals surface area contributed by atoms with E-state index in [-0.39, 0.29) is 27.2 Å². The summed E-state index contributed by atoms with van der Waals surface area (Å²) in [6.45, 7) is 0. The normalized spacial score (nSPS) is 10.5. The van der Waals surface area contributed by atoms with E-state index in [0.717, 1.165) is 0 Å². The molecule has 4 N–H and O–H groups in total. The van der Waals surface area contributed by atoms with E-state index in [2.05, 4.69) is 10.1 Å². The number of hydrogen-bond acceptors (Lipinski definition) is 4. The van der Waals surface area contributed by atoms with Gasteiger partial charge in [-0.2, -0.15) is 5.10 Å². The number of nitrogens with two attached hydrogens (primary N) is 2. The highest BCUT2D eigenvalue weighted by molar-refractivity contribution is 6.36. The highest BCUT2D eigenvalue weighted by atomic mass is 35.5. The number of pyridine rings is 1. The van der Waals surface area contributed by atoms with Crippen LogP contribution in [-0.4, -0.2) is 20.7 Å². The third-order valence-electron chi connectivity index (χ3n) is 2.02. The van der Waals surface area contributed by atoms with Crippen molar-refractivity contribution in [2.75, 3.05) is 5.73 Å². The fraction of sp³-hybridized carbons (Fsp3) is 0. The number of amides is 1. The van der Waals surface area contributed by atoms with Crippen LogP contribution in [-0.2, 0) is 0 Å². The Morgan fingerprint density at radius 3 is 2.65 bits per heavy atom. The van der Waals surface area contributed by atoms with Gasteiger partial charge in [0.15, 0.2) is 5.82 Å². The zero-order chi connectivity index (χ0) is 12.6. The van der Waals surface area contributed by atoms with Crippen LogP contribution in [0.2, 0.25) is 10.0 Å². The summed E-state index contributed by atoms with van der Waals surface area (Å²) < 4.78 is 1.30. The molecule has 2 aromatic rings. The first kappa shape index (κ1) is 11.7. The summed E-state index contributed by atoms with van der Waals surface area (Å²) in [6.07, 6.45) is 2.72. The summed E-state index contributed by atoms with van der Waals surface area (Å²) in [5, 5.41) is 4.43. The molecule has 0 atom stereocenters. The van der Waals surface area contributed by atoms with Crippen LogP contribution in [0.5, 0.6) is 0 Å². The standard InChI is InChI=1S/C9H7Cl2N5O/c10-5-1-6(11)9(15-7(5)12)16-3-4(2-14-16)8(13)17/h1-3H,(H2,12,15)(H2,13,17). The monoisotopic (exact) mass is 271 g/mol. The number of hydrogen-bond donors (Lipinski definition) is 2. The van der Waals surface area contributed by atoms with E-state index in [1.54, 1.807) is 0 Å². The Balaban J connectivity index is 2.52. The van der Waals surface area contributed by atoms with Crippen LogP contribution >= 0.6 is 23.2 Å². The molecule has 2 aromatic heterocycles. The molecule has 0 aliphatic heterocycles. The Hall–Kier alpha value is -1.79. The lowest BCUT2D eigenvalue weighted by atomic mass is 10.3. The van der Waals surface area contributed by atoms with Gasteiger partial charge < -0.3 is 11.5 Å². The predicted octanol–water partition coefficient (Wildman–Crippen LogP) is 1.26. The molecule has 88 valence electrons. The fourth-order valence-electron chi connectivity index (χ4n) is 1.20. The number of halogens is 2. The molecule has 2 heterocycles. The maximum absolute atomic E-state index is 10.9. The van der Waals surface area contributed by atoms with Gasteiger partial charge in [-0.05, 0) is 6.07 Å². The molecule has 1 amide bonds. The molecule has 0 aromatic carbocycles. The van der Waals surface area contributed by atoms with E-state index in [1.807, 2.05) is 0 Å². The van der Waals surface area contributed by atoms with Crippen LogP contribution in [0.25, 0.3) is 5.82 Å². The van der Waals surface area contributed by atoms with Crippen molar-refractivity contribution in [3.63, 3.8) is 0 Å². The molecule has 0 saturated carbocycles. The molecule has 0 saturated heterocycles. The van der Waals surface area contributed by atoms with Crippen molar-refractivity contribution in [3.8, 4) is 5.82 Å². The van der Waals surface area contributed by atoms with Gasteiger partial charge in [-0.1, -0.05) is 23.2 Å². The number of aromatic nitrogens is 3. The van der Waals surface area contributed by atoms with Crippen LogP contribution in [0.4, 0.5) is 5.82 Å². The number of carbonyl (C=O) groups is 1. The lowest BCUT2D eigenvalue weighted by molar-refractivity contribution is 0.100. The van der Waals surface area contributed by atoms with Gasteiger partial charge in [0.1, 0.15) is 5.82 Å². The molecular weight excluding hydrogens is 265 g/mol. The molecule has 8 heteroatoms. The van der Waals surface area contributed by atoms with Crippen LogP contribution in [0.1, 0.15) is 10.4 Å². The maximum Gasteiger partial charge on any atom is 0.251 e. The minimum atomic E-state index is -0.589. The van der Waals surface area contributed by atoms with Gasteiger partial charge in [0, 0.05) is 6.20 Å². The van der Waals surface area contributed by atoms with Gasteiger partial charge in [0.25, 0.3) is 5.91 Å². The molecule has 0 aliphatic carbocycles. The number of nitrogens with zero attached hydrogens (tertiary/aromatic N) is 3. The first-order chi connectivity index (χ1) is 7.99. The Bertz CT molecular complexity index is 595. The number of primary amides is 1. The Labute approximate surface area is 106 Å². The van der Waals surface area contributed by atoms with Gasteiger partial charge in [-0.15, -0.1) is 0 Å². The highest BCUT2D eigenvalue weighted by Crippen LogP contribution is 2.26. The van der Waals surface area contributed by atoms with Gasteiger partial charge in [0.2, 0.25) is 0 Å². The zero-order valence-corrected chi connectivity index (χ0v) is 9.90. The molecule has 0 spiro atoms. The van der Waals surface area contributed by atoms with Crippen molar-refractivity contribution in [2.45, 2.75) is 0 Å². The summed E-state index contributed by atoms with van der Waals surface area (Å²) in [5.74, 6) is -0.183. The van der Waals surface area contributed by atoms with E-state index < -0.39 is 5.91 Å². The van der Waals surface area contributed by atoms with Gasteiger partial charge in [-0.25, -0.2) is 9.67 Å². The van der Waals surface area contributed by atoms with Crippen molar-refractivity contribution in [1.82, 2.24) is 14.8 Å². The predicted molar refractivity (Wildman–Crippen MR) is 64.3 cm³/mol. The minimum Gasteiger partial charge on any atom is -0.382 e. The summed E-state index contributed by atoms with van der Waals surface area (Å²) >= 11 is 11.7. The Morgan fingerprint density at radius 1 is 1.35 bits per heavy atom. The van der Waals surface area contributed by atoms with Crippen LogP contribution < -0.4 is 11.5 Å². The largest absolute Gasteiger partial charge is 0.382 e. The second-order valence-corrected chi connectivity index (χ2v) is 4.01. The zero-order valence-electron chi connectivity index (χ0n) is 8.39. The van der Waals surface area contributed by atoms with E-state index in [9.17, 15) is 4.79 Å². The average molecular weight is 272 g/mol. The molecule has 2 rings (SSSR count). The van der Waals surface area contributed by atoms with Crippen molar-refractivity contribution in [3.05, 3.63) is 34.1 Å². The van der Waals surface area contributed by atoms with Crippen LogP contribution in [0, 0.1) is 0 Å². The number of rotatable bonds is 2. The Kier molecular flexibility index (Phi) is 2.91.